The van der Waals surface area contributed by atoms with Crippen molar-refractivity contribution in [1.29, 1.82) is 0 Å². The van der Waals surface area contributed by atoms with Gasteiger partial charge in [-0.15, -0.1) is 0 Å². The maximum Gasteiger partial charge on any atom is 0.265 e. The van der Waals surface area contributed by atoms with E-state index in [9.17, 15) is 14.4 Å². The molecule has 28 heavy (non-hydrogen) atoms. The Hall–Kier alpha value is -2.86. The number of ketones is 1. The molecule has 1 aliphatic rings. The molecule has 1 heterocycles. The van der Waals surface area contributed by atoms with Crippen molar-refractivity contribution in [3.63, 3.8) is 0 Å². The highest BCUT2D eigenvalue weighted by Gasteiger charge is 2.30. The van der Waals surface area contributed by atoms with Gasteiger partial charge in [-0.2, -0.15) is 0 Å². The lowest BCUT2D eigenvalue weighted by Crippen LogP contribution is -2.41. The van der Waals surface area contributed by atoms with Crippen molar-refractivity contribution in [2.24, 2.45) is 0 Å². The van der Waals surface area contributed by atoms with Crippen LogP contribution in [-0.2, 0) is 9.59 Å². The highest BCUT2D eigenvalue weighted by molar-refractivity contribution is 6.31. The highest BCUT2D eigenvalue weighted by atomic mass is 35.5. The first-order chi connectivity index (χ1) is 13.4. The first-order valence-corrected chi connectivity index (χ1v) is 9.45. The van der Waals surface area contributed by atoms with Crippen LogP contribution in [0.3, 0.4) is 0 Å². The van der Waals surface area contributed by atoms with Crippen LogP contribution >= 0.6 is 11.6 Å². The average Bonchev–Trinajstić information content (AvgIpc) is 2.80. The first-order valence-electron chi connectivity index (χ1n) is 9.07. The summed E-state index contributed by atoms with van der Waals surface area (Å²) in [5.41, 5.74) is 1.55. The molecule has 0 unspecified atom stereocenters. The Bertz CT molecular complexity index is 928. The van der Waals surface area contributed by atoms with Gasteiger partial charge in [-0.25, -0.2) is 0 Å². The van der Waals surface area contributed by atoms with Crippen molar-refractivity contribution in [3.8, 4) is 5.75 Å². The van der Waals surface area contributed by atoms with Crippen LogP contribution in [0.1, 0.15) is 37.0 Å². The molecule has 0 saturated heterocycles. The number of benzene rings is 2. The van der Waals surface area contributed by atoms with E-state index in [2.05, 4.69) is 5.32 Å². The Labute approximate surface area is 168 Å². The van der Waals surface area contributed by atoms with Gasteiger partial charge in [0.2, 0.25) is 5.91 Å². The maximum absolute atomic E-state index is 13.0. The standard InChI is InChI=1S/C21H21ClN2O4/c1-3-18(25)15-11-14(22)8-9-19(15)28-12-21(27)24-13(2)10-20(26)23-16-6-4-5-7-17(16)24/h4-9,11,13H,3,10,12H2,1-2H3,(H,23,26)/t13-/m0/s1. The van der Waals surface area contributed by atoms with Gasteiger partial charge in [0.1, 0.15) is 5.75 Å². The molecule has 146 valence electrons. The fourth-order valence-electron chi connectivity index (χ4n) is 3.21. The molecular weight excluding hydrogens is 380 g/mol. The molecule has 1 aliphatic heterocycles. The van der Waals surface area contributed by atoms with Crippen molar-refractivity contribution in [2.45, 2.75) is 32.7 Å². The lowest BCUT2D eigenvalue weighted by Gasteiger charge is -2.28. The van der Waals surface area contributed by atoms with Crippen LogP contribution in [0.25, 0.3) is 0 Å². The smallest absolute Gasteiger partial charge is 0.265 e. The molecule has 0 spiro atoms. The number of halogens is 1. The van der Waals surface area contributed by atoms with Gasteiger partial charge in [-0.05, 0) is 37.3 Å². The van der Waals surface area contributed by atoms with E-state index in [1.54, 1.807) is 54.3 Å². The van der Waals surface area contributed by atoms with E-state index in [0.717, 1.165) is 0 Å². The molecule has 2 aromatic carbocycles. The van der Waals surface area contributed by atoms with Gasteiger partial charge < -0.3 is 15.0 Å². The second kappa shape index (κ2) is 8.44. The summed E-state index contributed by atoms with van der Waals surface area (Å²) >= 11 is 5.99. The number of para-hydroxylation sites is 2. The van der Waals surface area contributed by atoms with E-state index in [1.807, 2.05) is 6.92 Å². The minimum absolute atomic E-state index is 0.117. The Balaban J connectivity index is 1.84. The molecule has 0 aliphatic carbocycles. The molecule has 2 aromatic rings. The van der Waals surface area contributed by atoms with E-state index in [0.29, 0.717) is 34.1 Å². The predicted molar refractivity (Wildman–Crippen MR) is 108 cm³/mol. The van der Waals surface area contributed by atoms with Crippen molar-refractivity contribution < 1.29 is 19.1 Å². The second-order valence-corrected chi connectivity index (χ2v) is 7.02. The summed E-state index contributed by atoms with van der Waals surface area (Å²) in [6, 6.07) is 11.5. The maximum atomic E-state index is 13.0. The number of fused-ring (bicyclic) bond motifs is 1. The Kier molecular flexibility index (Phi) is 5.99. The quantitative estimate of drug-likeness (QED) is 0.767. The number of rotatable bonds is 5. The van der Waals surface area contributed by atoms with Crippen LogP contribution in [0.4, 0.5) is 11.4 Å². The SMILES string of the molecule is CCC(=O)c1cc(Cl)ccc1OCC(=O)N1c2ccccc2NC(=O)C[C@@H]1C. The monoisotopic (exact) mass is 400 g/mol. The first kappa shape index (κ1) is 19.9. The Morgan fingerprint density at radius 1 is 1.25 bits per heavy atom. The van der Waals surface area contributed by atoms with Crippen LogP contribution in [-0.4, -0.2) is 30.2 Å². The number of nitrogens with zero attached hydrogens (tertiary/aromatic N) is 1. The molecule has 6 nitrogen and oxygen atoms in total. The fraction of sp³-hybridized carbons (Fsp3) is 0.286. The number of ether oxygens (including phenoxy) is 1. The largest absolute Gasteiger partial charge is 0.483 e. The summed E-state index contributed by atoms with van der Waals surface area (Å²) in [7, 11) is 0. The number of nitrogens with one attached hydrogen (secondary N) is 1. The minimum Gasteiger partial charge on any atom is -0.483 e. The van der Waals surface area contributed by atoms with Crippen LogP contribution < -0.4 is 15.0 Å². The van der Waals surface area contributed by atoms with Crippen LogP contribution in [0.15, 0.2) is 42.5 Å². The van der Waals surface area contributed by atoms with E-state index in [4.69, 9.17) is 16.3 Å². The summed E-state index contributed by atoms with van der Waals surface area (Å²) in [6.07, 6.45) is 0.482. The van der Waals surface area contributed by atoms with Gasteiger partial charge in [0.05, 0.1) is 16.9 Å². The van der Waals surface area contributed by atoms with Crippen molar-refractivity contribution in [2.75, 3.05) is 16.8 Å². The van der Waals surface area contributed by atoms with Gasteiger partial charge in [-0.1, -0.05) is 30.7 Å². The fourth-order valence-corrected chi connectivity index (χ4v) is 3.39. The van der Waals surface area contributed by atoms with Gasteiger partial charge >= 0.3 is 0 Å². The molecule has 1 N–H and O–H groups in total. The van der Waals surface area contributed by atoms with Crippen LogP contribution in [0.5, 0.6) is 5.75 Å². The van der Waals surface area contributed by atoms with Gasteiger partial charge in [-0.3, -0.25) is 14.4 Å². The van der Waals surface area contributed by atoms with Gasteiger partial charge in [0, 0.05) is 23.9 Å². The van der Waals surface area contributed by atoms with E-state index in [-0.39, 0.29) is 36.7 Å². The lowest BCUT2D eigenvalue weighted by atomic mass is 10.1. The Morgan fingerprint density at radius 2 is 2.00 bits per heavy atom. The van der Waals surface area contributed by atoms with Crippen LogP contribution in [0, 0.1) is 0 Å². The average molecular weight is 401 g/mol. The van der Waals surface area contributed by atoms with Crippen LogP contribution in [0.2, 0.25) is 5.02 Å². The Morgan fingerprint density at radius 3 is 2.75 bits per heavy atom. The summed E-state index contributed by atoms with van der Waals surface area (Å²) in [5, 5.41) is 3.24. The number of hydrogen-bond acceptors (Lipinski definition) is 4. The number of carbonyl (C=O) groups excluding carboxylic acids is 3. The topological polar surface area (TPSA) is 75.7 Å². The van der Waals surface area contributed by atoms with Crippen molar-refractivity contribution >= 4 is 40.6 Å². The molecule has 3 rings (SSSR count). The number of anilines is 2. The molecule has 0 aromatic heterocycles. The number of amides is 2. The molecule has 7 heteroatoms. The third kappa shape index (κ3) is 4.17. The molecule has 0 saturated carbocycles. The van der Waals surface area contributed by atoms with E-state index < -0.39 is 0 Å². The zero-order chi connectivity index (χ0) is 20.3. The zero-order valence-electron chi connectivity index (χ0n) is 15.7. The predicted octanol–water partition coefficient (Wildman–Crippen LogP) is 4.08. The number of carbonyl (C=O) groups is 3. The van der Waals surface area contributed by atoms with Crippen molar-refractivity contribution in [1.82, 2.24) is 0 Å². The summed E-state index contributed by atoms with van der Waals surface area (Å²) in [4.78, 5) is 38.7. The third-order valence-electron chi connectivity index (χ3n) is 4.54. The zero-order valence-corrected chi connectivity index (χ0v) is 16.5. The third-order valence-corrected chi connectivity index (χ3v) is 4.78. The summed E-state index contributed by atoms with van der Waals surface area (Å²) in [5.74, 6) is -0.256. The number of Topliss-reactive ketones (excluding diaryl/α,β-unsaturated/α-hetero) is 1. The van der Waals surface area contributed by atoms with E-state index in [1.165, 1.54) is 0 Å². The number of hydrogen-bond donors (Lipinski definition) is 1. The molecule has 2 amide bonds. The second-order valence-electron chi connectivity index (χ2n) is 6.59. The van der Waals surface area contributed by atoms with Crippen molar-refractivity contribution in [3.05, 3.63) is 53.1 Å². The van der Waals surface area contributed by atoms with E-state index >= 15 is 0 Å². The molecule has 0 bridgehead atoms. The molecule has 0 radical (unpaired) electrons. The minimum atomic E-state index is -0.332. The van der Waals surface area contributed by atoms with Gasteiger partial charge in [0.25, 0.3) is 5.91 Å². The summed E-state index contributed by atoms with van der Waals surface area (Å²) < 4.78 is 5.69. The molecule has 1 atom stereocenters. The molecular formula is C21H21ClN2O4. The molecule has 0 fully saturated rings. The lowest BCUT2D eigenvalue weighted by molar-refractivity contribution is -0.121. The summed E-state index contributed by atoms with van der Waals surface area (Å²) in [6.45, 7) is 3.30. The normalized spacial score (nSPS) is 16.0. The highest BCUT2D eigenvalue weighted by Crippen LogP contribution is 2.31. The van der Waals surface area contributed by atoms with Gasteiger partial charge in [0.15, 0.2) is 12.4 Å².